The zero-order chi connectivity index (χ0) is 15.7. The molecule has 1 aliphatic carbocycles. The molecule has 3 nitrogen and oxygen atoms in total. The third kappa shape index (κ3) is 2.96. The molecule has 1 aromatic carbocycles. The Kier molecular flexibility index (Phi) is 4.11. The van der Waals surface area contributed by atoms with Gasteiger partial charge in [0.15, 0.2) is 0 Å². The lowest BCUT2D eigenvalue weighted by molar-refractivity contribution is -0.150. The quantitative estimate of drug-likeness (QED) is 0.686. The molecule has 2 rings (SSSR count). The number of hydrogen-bond donors (Lipinski definition) is 1. The summed E-state index contributed by atoms with van der Waals surface area (Å²) >= 11 is 0. The molecule has 0 amide bonds. The molecular weight excluding hydrogens is 264 g/mol. The van der Waals surface area contributed by atoms with Crippen molar-refractivity contribution in [3.8, 4) is 12.3 Å². The van der Waals surface area contributed by atoms with Crippen LogP contribution in [0.2, 0.25) is 0 Å². The second kappa shape index (κ2) is 5.54. The van der Waals surface area contributed by atoms with E-state index in [9.17, 15) is 9.90 Å². The van der Waals surface area contributed by atoms with Crippen LogP contribution in [0.25, 0.3) is 0 Å². The van der Waals surface area contributed by atoms with Crippen molar-refractivity contribution in [3.05, 3.63) is 34.9 Å². The van der Waals surface area contributed by atoms with Gasteiger partial charge in [-0.05, 0) is 48.4 Å². The Labute approximate surface area is 126 Å². The van der Waals surface area contributed by atoms with Gasteiger partial charge < -0.3 is 9.84 Å². The van der Waals surface area contributed by atoms with E-state index in [4.69, 9.17) is 11.2 Å². The van der Waals surface area contributed by atoms with Crippen LogP contribution in [-0.4, -0.2) is 17.7 Å². The third-order valence-corrected chi connectivity index (χ3v) is 4.32. The first-order valence-electron chi connectivity index (χ1n) is 7.32. The minimum Gasteiger partial charge on any atom is -0.466 e. The molecule has 0 aromatic heterocycles. The molecule has 3 heteroatoms. The fourth-order valence-corrected chi connectivity index (χ4v) is 3.02. The van der Waals surface area contributed by atoms with Crippen molar-refractivity contribution < 1.29 is 14.6 Å². The summed E-state index contributed by atoms with van der Waals surface area (Å²) in [5.41, 5.74) is 1.39. The lowest BCUT2D eigenvalue weighted by atomic mass is 9.65. The number of fused-ring (bicyclic) bond motifs is 1. The number of hydrogen-bond acceptors (Lipinski definition) is 3. The van der Waals surface area contributed by atoms with E-state index < -0.39 is 5.60 Å². The van der Waals surface area contributed by atoms with Crippen LogP contribution in [-0.2, 0) is 20.5 Å². The van der Waals surface area contributed by atoms with Gasteiger partial charge in [0.05, 0.1) is 13.0 Å². The Morgan fingerprint density at radius 2 is 2.10 bits per heavy atom. The van der Waals surface area contributed by atoms with Crippen molar-refractivity contribution in [1.82, 2.24) is 0 Å². The number of ether oxygens (including phenoxy) is 1. The van der Waals surface area contributed by atoms with Gasteiger partial charge in [0.25, 0.3) is 0 Å². The fourth-order valence-electron chi connectivity index (χ4n) is 3.02. The molecule has 0 heterocycles. The molecule has 0 saturated carbocycles. The van der Waals surface area contributed by atoms with E-state index >= 15 is 0 Å². The number of benzene rings is 1. The summed E-state index contributed by atoms with van der Waals surface area (Å²) in [5, 5.41) is 11.0. The third-order valence-electron chi connectivity index (χ3n) is 4.32. The number of terminal acetylenes is 1. The molecule has 1 aromatic rings. The van der Waals surface area contributed by atoms with E-state index in [-0.39, 0.29) is 17.8 Å². The van der Waals surface area contributed by atoms with Crippen molar-refractivity contribution >= 4 is 5.97 Å². The van der Waals surface area contributed by atoms with E-state index in [0.29, 0.717) is 13.0 Å². The smallest absolute Gasteiger partial charge is 0.309 e. The molecular formula is C18H22O3. The summed E-state index contributed by atoms with van der Waals surface area (Å²) in [6.45, 7) is 6.36. The highest BCUT2D eigenvalue weighted by molar-refractivity contribution is 5.71. The van der Waals surface area contributed by atoms with Crippen LogP contribution in [0.4, 0.5) is 0 Å². The van der Waals surface area contributed by atoms with Crippen LogP contribution in [0.1, 0.15) is 56.7 Å². The van der Waals surface area contributed by atoms with E-state index in [1.165, 1.54) is 0 Å². The predicted molar refractivity (Wildman–Crippen MR) is 81.8 cm³/mol. The Hall–Kier alpha value is -1.79. The molecule has 1 unspecified atom stereocenters. The van der Waals surface area contributed by atoms with Gasteiger partial charge in [-0.25, -0.2) is 0 Å². The summed E-state index contributed by atoms with van der Waals surface area (Å²) in [7, 11) is 0. The molecule has 112 valence electrons. The van der Waals surface area contributed by atoms with Crippen LogP contribution in [0.15, 0.2) is 18.2 Å². The molecule has 0 fully saturated rings. The lowest BCUT2D eigenvalue weighted by Gasteiger charge is -2.42. The summed E-state index contributed by atoms with van der Waals surface area (Å²) in [5.74, 6) is 2.26. The summed E-state index contributed by atoms with van der Waals surface area (Å²) in [6.07, 6.45) is 6.80. The summed E-state index contributed by atoms with van der Waals surface area (Å²) < 4.78 is 4.99. The van der Waals surface area contributed by atoms with Crippen LogP contribution in [0.3, 0.4) is 0 Å². The van der Waals surface area contributed by atoms with Crippen molar-refractivity contribution in [3.63, 3.8) is 0 Å². The number of rotatable bonds is 3. The molecule has 1 N–H and O–H groups in total. The Morgan fingerprint density at radius 3 is 2.71 bits per heavy atom. The zero-order valence-electron chi connectivity index (χ0n) is 12.9. The fraction of sp³-hybridized carbons (Fsp3) is 0.500. The van der Waals surface area contributed by atoms with Crippen LogP contribution in [0.5, 0.6) is 0 Å². The van der Waals surface area contributed by atoms with Gasteiger partial charge in [0.2, 0.25) is 0 Å². The van der Waals surface area contributed by atoms with E-state index in [0.717, 1.165) is 23.1 Å². The Morgan fingerprint density at radius 1 is 1.38 bits per heavy atom. The van der Waals surface area contributed by atoms with Crippen LogP contribution < -0.4 is 0 Å². The molecule has 1 atom stereocenters. The van der Waals surface area contributed by atoms with Crippen molar-refractivity contribution in [1.29, 1.82) is 0 Å². The minimum absolute atomic E-state index is 0.0146. The molecule has 0 bridgehead atoms. The second-order valence-corrected chi connectivity index (χ2v) is 6.30. The number of carbonyl (C=O) groups is 1. The first-order chi connectivity index (χ1) is 9.82. The van der Waals surface area contributed by atoms with Crippen LogP contribution >= 0.6 is 0 Å². The van der Waals surface area contributed by atoms with Gasteiger partial charge in [-0.1, -0.05) is 25.8 Å². The van der Waals surface area contributed by atoms with E-state index in [2.05, 4.69) is 19.8 Å². The topological polar surface area (TPSA) is 46.5 Å². The summed E-state index contributed by atoms with van der Waals surface area (Å²) in [4.78, 5) is 11.8. The Balaban J connectivity index is 2.45. The zero-order valence-corrected chi connectivity index (χ0v) is 12.9. The largest absolute Gasteiger partial charge is 0.466 e. The Bertz CT molecular complexity index is 595. The van der Waals surface area contributed by atoms with Gasteiger partial charge in [-0.15, -0.1) is 6.42 Å². The normalized spacial score (nSPS) is 23.0. The molecule has 21 heavy (non-hydrogen) atoms. The SMILES string of the molecule is C#Cc1ccc2c(c1)C(C)(C)CCC2(O)CC(=O)OCC. The number of esters is 1. The highest BCUT2D eigenvalue weighted by atomic mass is 16.5. The highest BCUT2D eigenvalue weighted by Gasteiger charge is 2.43. The van der Waals surface area contributed by atoms with Crippen molar-refractivity contribution in [2.75, 3.05) is 6.61 Å². The average Bonchev–Trinajstić information content (AvgIpc) is 2.44. The number of carbonyl (C=O) groups excluding carboxylic acids is 1. The van der Waals surface area contributed by atoms with Gasteiger partial charge in [-0.3, -0.25) is 4.79 Å². The lowest BCUT2D eigenvalue weighted by Crippen LogP contribution is -2.39. The van der Waals surface area contributed by atoms with E-state index in [1.807, 2.05) is 18.2 Å². The molecule has 0 spiro atoms. The van der Waals surface area contributed by atoms with Crippen LogP contribution in [0, 0.1) is 12.3 Å². The monoisotopic (exact) mass is 286 g/mol. The van der Waals surface area contributed by atoms with Gasteiger partial charge in [0, 0.05) is 5.56 Å². The molecule has 0 radical (unpaired) electrons. The van der Waals surface area contributed by atoms with Gasteiger partial charge in [0.1, 0.15) is 5.60 Å². The van der Waals surface area contributed by atoms with Gasteiger partial charge in [-0.2, -0.15) is 0 Å². The first kappa shape index (κ1) is 15.6. The minimum atomic E-state index is -1.16. The molecule has 0 saturated heterocycles. The molecule has 1 aliphatic rings. The standard InChI is InChI=1S/C18H22O3/c1-5-13-7-8-14-15(11-13)17(3,4)9-10-18(14,20)12-16(19)21-6-2/h1,7-8,11,20H,6,9-10,12H2,2-4H3. The second-order valence-electron chi connectivity index (χ2n) is 6.30. The van der Waals surface area contributed by atoms with Crippen molar-refractivity contribution in [2.24, 2.45) is 0 Å². The average molecular weight is 286 g/mol. The van der Waals surface area contributed by atoms with Gasteiger partial charge >= 0.3 is 5.97 Å². The van der Waals surface area contributed by atoms with Crippen molar-refractivity contribution in [2.45, 2.75) is 51.0 Å². The number of aliphatic hydroxyl groups is 1. The highest BCUT2D eigenvalue weighted by Crippen LogP contribution is 2.46. The maximum atomic E-state index is 11.8. The maximum absolute atomic E-state index is 11.8. The summed E-state index contributed by atoms with van der Waals surface area (Å²) in [6, 6.07) is 5.62. The first-order valence-corrected chi connectivity index (χ1v) is 7.32. The van der Waals surface area contributed by atoms with E-state index in [1.54, 1.807) is 6.92 Å². The maximum Gasteiger partial charge on any atom is 0.309 e. The predicted octanol–water partition coefficient (Wildman–Crippen LogP) is 2.88. The molecule has 0 aliphatic heterocycles.